The number of benzene rings is 1. The van der Waals surface area contributed by atoms with Crippen molar-refractivity contribution in [1.29, 1.82) is 0 Å². The lowest BCUT2D eigenvalue weighted by atomic mass is 10.1. The van der Waals surface area contributed by atoms with Gasteiger partial charge in [0.1, 0.15) is 5.82 Å². The van der Waals surface area contributed by atoms with E-state index in [1.54, 1.807) is 19.2 Å². The maximum Gasteiger partial charge on any atom is 0.331 e. The van der Waals surface area contributed by atoms with Gasteiger partial charge >= 0.3 is 12.0 Å². The van der Waals surface area contributed by atoms with Crippen molar-refractivity contribution >= 4 is 23.9 Å². The highest BCUT2D eigenvalue weighted by Gasteiger charge is 2.12. The molecular weight excluding hydrogens is 366 g/mol. The first-order chi connectivity index (χ1) is 14.0. The van der Waals surface area contributed by atoms with Crippen molar-refractivity contribution in [1.82, 2.24) is 10.3 Å². The molecule has 0 aliphatic rings. The van der Waals surface area contributed by atoms with Gasteiger partial charge in [-0.1, -0.05) is 57.0 Å². The average molecular weight is 396 g/mol. The topological polar surface area (TPSA) is 82.5 Å². The number of urea groups is 1. The molecule has 2 rings (SSSR count). The maximum absolute atomic E-state index is 12.3. The second kappa shape index (κ2) is 11.0. The van der Waals surface area contributed by atoms with Gasteiger partial charge < -0.3 is 10.4 Å². The number of hydrogen-bond donors (Lipinski definition) is 2. The van der Waals surface area contributed by atoms with E-state index in [1.165, 1.54) is 4.90 Å². The molecule has 1 heterocycles. The van der Waals surface area contributed by atoms with Crippen molar-refractivity contribution in [3.63, 3.8) is 0 Å². The lowest BCUT2D eigenvalue weighted by molar-refractivity contribution is -0.132. The fourth-order valence-electron chi connectivity index (χ4n) is 2.83. The molecule has 0 bridgehead atoms. The number of nitrogens with zero attached hydrogens (tertiary/aromatic N) is 2. The van der Waals surface area contributed by atoms with Crippen molar-refractivity contribution in [2.75, 3.05) is 18.5 Å². The van der Waals surface area contributed by atoms with Crippen molar-refractivity contribution in [3.05, 3.63) is 53.6 Å². The number of unbranched alkanes of at least 4 members (excludes halogenated alkanes) is 2. The SMILES string of the molecule is CCCCCNC(=O)N(C)c1cccc(-c2ccc(C=C(CC)C(=O)O)cc2)n1. The Balaban J connectivity index is 2.12. The standard InChI is InChI=1S/C23H29N3O3/c1-4-6-7-15-24-23(29)26(3)21-10-8-9-20(25-21)19-13-11-17(12-14-19)16-18(5-2)22(27)28/h8-14,16H,4-7,15H2,1-3H3,(H,24,29)(H,27,28). The molecule has 0 aliphatic carbocycles. The highest BCUT2D eigenvalue weighted by Crippen LogP contribution is 2.22. The van der Waals surface area contributed by atoms with Crippen LogP contribution in [0.1, 0.15) is 45.1 Å². The highest BCUT2D eigenvalue weighted by atomic mass is 16.4. The molecule has 2 N–H and O–H groups in total. The van der Waals surface area contributed by atoms with Crippen LogP contribution >= 0.6 is 0 Å². The van der Waals surface area contributed by atoms with Gasteiger partial charge in [0.15, 0.2) is 0 Å². The van der Waals surface area contributed by atoms with Crippen molar-refractivity contribution in [2.24, 2.45) is 0 Å². The van der Waals surface area contributed by atoms with Gasteiger partial charge in [0.25, 0.3) is 0 Å². The van der Waals surface area contributed by atoms with Crippen LogP contribution in [-0.2, 0) is 4.79 Å². The van der Waals surface area contributed by atoms with E-state index >= 15 is 0 Å². The summed E-state index contributed by atoms with van der Waals surface area (Å²) < 4.78 is 0. The van der Waals surface area contributed by atoms with E-state index in [-0.39, 0.29) is 6.03 Å². The fraction of sp³-hybridized carbons (Fsp3) is 0.348. The zero-order chi connectivity index (χ0) is 21.2. The molecule has 154 valence electrons. The van der Waals surface area contributed by atoms with Gasteiger partial charge in [-0.25, -0.2) is 14.6 Å². The maximum atomic E-state index is 12.3. The van der Waals surface area contributed by atoms with Gasteiger partial charge in [-0.05, 0) is 36.6 Å². The number of carboxylic acid groups (broad SMARTS) is 1. The Morgan fingerprint density at radius 2 is 1.83 bits per heavy atom. The number of anilines is 1. The van der Waals surface area contributed by atoms with Gasteiger partial charge in [-0.2, -0.15) is 0 Å². The van der Waals surface area contributed by atoms with Crippen LogP contribution in [0.4, 0.5) is 10.6 Å². The molecule has 1 aromatic heterocycles. The second-order valence-corrected chi connectivity index (χ2v) is 6.83. The van der Waals surface area contributed by atoms with E-state index in [2.05, 4.69) is 17.2 Å². The van der Waals surface area contributed by atoms with Crippen molar-refractivity contribution in [3.8, 4) is 11.3 Å². The summed E-state index contributed by atoms with van der Waals surface area (Å²) in [5, 5.41) is 12.1. The van der Waals surface area contributed by atoms with Crippen LogP contribution in [0.15, 0.2) is 48.0 Å². The summed E-state index contributed by atoms with van der Waals surface area (Å²) in [5.41, 5.74) is 2.84. The predicted molar refractivity (Wildman–Crippen MR) is 117 cm³/mol. The molecular formula is C23H29N3O3. The molecule has 0 saturated carbocycles. The van der Waals surface area contributed by atoms with E-state index in [0.29, 0.717) is 24.4 Å². The first-order valence-electron chi connectivity index (χ1n) is 9.99. The van der Waals surface area contributed by atoms with E-state index in [1.807, 2.05) is 43.3 Å². The molecule has 0 atom stereocenters. The molecule has 0 radical (unpaired) electrons. The highest BCUT2D eigenvalue weighted by molar-refractivity contribution is 5.92. The number of pyridine rings is 1. The Morgan fingerprint density at radius 3 is 2.45 bits per heavy atom. The molecule has 29 heavy (non-hydrogen) atoms. The second-order valence-electron chi connectivity index (χ2n) is 6.83. The molecule has 6 nitrogen and oxygen atoms in total. The number of carbonyl (C=O) groups excluding carboxylic acids is 1. The van der Waals surface area contributed by atoms with E-state index in [0.717, 1.165) is 36.1 Å². The molecule has 2 amide bonds. The molecule has 0 saturated heterocycles. The number of amides is 2. The molecule has 0 unspecified atom stereocenters. The van der Waals surface area contributed by atoms with Gasteiger partial charge in [0.2, 0.25) is 0 Å². The number of rotatable bonds is 9. The Morgan fingerprint density at radius 1 is 1.10 bits per heavy atom. The minimum atomic E-state index is -0.901. The van der Waals surface area contributed by atoms with Gasteiger partial charge in [0, 0.05) is 24.7 Å². The lowest BCUT2D eigenvalue weighted by Crippen LogP contribution is -2.38. The Kier molecular flexibility index (Phi) is 8.40. The number of hydrogen-bond acceptors (Lipinski definition) is 3. The summed E-state index contributed by atoms with van der Waals surface area (Å²) in [4.78, 5) is 29.6. The third kappa shape index (κ3) is 6.45. The minimum absolute atomic E-state index is 0.174. The summed E-state index contributed by atoms with van der Waals surface area (Å²) >= 11 is 0. The molecule has 2 aromatic rings. The summed E-state index contributed by atoms with van der Waals surface area (Å²) in [6, 6.07) is 12.9. The van der Waals surface area contributed by atoms with E-state index in [9.17, 15) is 9.59 Å². The number of carbonyl (C=O) groups is 2. The molecule has 1 aromatic carbocycles. The Bertz CT molecular complexity index is 860. The van der Waals surface area contributed by atoms with Gasteiger partial charge in [-0.3, -0.25) is 4.90 Å². The van der Waals surface area contributed by atoms with Gasteiger partial charge in [0.05, 0.1) is 5.69 Å². The summed E-state index contributed by atoms with van der Waals surface area (Å²) in [5.74, 6) is -0.333. The number of aromatic nitrogens is 1. The quantitative estimate of drug-likeness (QED) is 0.464. The monoisotopic (exact) mass is 395 g/mol. The van der Waals surface area contributed by atoms with E-state index < -0.39 is 5.97 Å². The zero-order valence-electron chi connectivity index (χ0n) is 17.3. The fourth-order valence-corrected chi connectivity index (χ4v) is 2.83. The summed E-state index contributed by atoms with van der Waals surface area (Å²) in [6.45, 7) is 4.60. The van der Waals surface area contributed by atoms with Crippen LogP contribution in [0.3, 0.4) is 0 Å². The van der Waals surface area contributed by atoms with Crippen molar-refractivity contribution in [2.45, 2.75) is 39.5 Å². The number of nitrogens with one attached hydrogen (secondary N) is 1. The smallest absolute Gasteiger partial charge is 0.331 e. The summed E-state index contributed by atoms with van der Waals surface area (Å²) in [7, 11) is 1.70. The average Bonchev–Trinajstić information content (AvgIpc) is 2.74. The third-order valence-electron chi connectivity index (χ3n) is 4.64. The predicted octanol–water partition coefficient (Wildman–Crippen LogP) is 4.96. The van der Waals surface area contributed by atoms with Crippen LogP contribution in [0.2, 0.25) is 0 Å². The summed E-state index contributed by atoms with van der Waals surface area (Å²) in [6.07, 6.45) is 5.31. The van der Waals surface area contributed by atoms with Crippen LogP contribution in [0, 0.1) is 0 Å². The van der Waals surface area contributed by atoms with Crippen LogP contribution in [0.5, 0.6) is 0 Å². The number of carboxylic acids is 1. The number of aliphatic carboxylic acids is 1. The Labute approximate surface area is 172 Å². The van der Waals surface area contributed by atoms with Crippen LogP contribution in [-0.4, -0.2) is 35.7 Å². The first kappa shape index (κ1) is 22.1. The third-order valence-corrected chi connectivity index (χ3v) is 4.64. The zero-order valence-corrected chi connectivity index (χ0v) is 17.3. The Hall–Kier alpha value is -3.15. The molecule has 0 spiro atoms. The molecule has 0 fully saturated rings. The molecule has 0 aliphatic heterocycles. The van der Waals surface area contributed by atoms with Crippen LogP contribution < -0.4 is 10.2 Å². The van der Waals surface area contributed by atoms with E-state index in [4.69, 9.17) is 5.11 Å². The molecule has 6 heteroatoms. The van der Waals surface area contributed by atoms with Crippen molar-refractivity contribution < 1.29 is 14.7 Å². The minimum Gasteiger partial charge on any atom is -0.478 e. The normalized spacial score (nSPS) is 11.2. The largest absolute Gasteiger partial charge is 0.478 e. The van der Waals surface area contributed by atoms with Gasteiger partial charge in [-0.15, -0.1) is 0 Å². The van der Waals surface area contributed by atoms with Crippen LogP contribution in [0.25, 0.3) is 17.3 Å². The lowest BCUT2D eigenvalue weighted by Gasteiger charge is -2.18. The first-order valence-corrected chi connectivity index (χ1v) is 9.99.